The molecule has 76 valence electrons. The molecule has 0 aromatic heterocycles. The molecule has 2 heteroatoms. The first-order chi connectivity index (χ1) is 6.27. The highest BCUT2D eigenvalue weighted by Crippen LogP contribution is 2.45. The standard InChI is InChI=1S/C11H22N2/c1-12-10-4-3-5-11(10)6-8-13(2)9-7-11/h10,12H,3-9H2,1-2H3/t10-/m1/s1. The number of piperidine rings is 1. The smallest absolute Gasteiger partial charge is 0.0121 e. The summed E-state index contributed by atoms with van der Waals surface area (Å²) >= 11 is 0. The lowest BCUT2D eigenvalue weighted by Crippen LogP contribution is -2.46. The summed E-state index contributed by atoms with van der Waals surface area (Å²) in [5, 5.41) is 3.52. The molecule has 0 amide bonds. The molecule has 2 rings (SSSR count). The van der Waals surface area contributed by atoms with Gasteiger partial charge in [0.05, 0.1) is 0 Å². The van der Waals surface area contributed by atoms with Gasteiger partial charge in [-0.3, -0.25) is 0 Å². The van der Waals surface area contributed by atoms with Gasteiger partial charge in [0, 0.05) is 6.04 Å². The zero-order valence-electron chi connectivity index (χ0n) is 8.97. The molecule has 2 fully saturated rings. The van der Waals surface area contributed by atoms with Crippen molar-refractivity contribution in [2.24, 2.45) is 5.41 Å². The van der Waals surface area contributed by atoms with Crippen LogP contribution in [0.2, 0.25) is 0 Å². The van der Waals surface area contributed by atoms with Gasteiger partial charge in [0.2, 0.25) is 0 Å². The van der Waals surface area contributed by atoms with Crippen molar-refractivity contribution in [2.75, 3.05) is 27.2 Å². The van der Waals surface area contributed by atoms with Crippen molar-refractivity contribution in [2.45, 2.75) is 38.1 Å². The fourth-order valence-corrected chi connectivity index (χ4v) is 3.25. The second-order valence-electron chi connectivity index (χ2n) is 4.90. The monoisotopic (exact) mass is 182 g/mol. The highest BCUT2D eigenvalue weighted by Gasteiger charge is 2.43. The Hall–Kier alpha value is -0.0800. The molecule has 0 aromatic carbocycles. The van der Waals surface area contributed by atoms with Crippen LogP contribution in [0.1, 0.15) is 32.1 Å². The Labute approximate surface area is 81.7 Å². The molecule has 1 aliphatic heterocycles. The summed E-state index contributed by atoms with van der Waals surface area (Å²) in [6, 6.07) is 0.807. The average Bonchev–Trinajstić information content (AvgIpc) is 2.54. The van der Waals surface area contributed by atoms with E-state index in [4.69, 9.17) is 0 Å². The Morgan fingerprint density at radius 2 is 1.92 bits per heavy atom. The predicted molar refractivity (Wildman–Crippen MR) is 55.9 cm³/mol. The van der Waals surface area contributed by atoms with Crippen LogP contribution in [0.25, 0.3) is 0 Å². The highest BCUT2D eigenvalue weighted by atomic mass is 15.1. The van der Waals surface area contributed by atoms with Crippen LogP contribution in [-0.4, -0.2) is 38.1 Å². The SMILES string of the molecule is CN[C@@H]1CCCC12CCN(C)CC2. The normalized spacial score (nSPS) is 34.2. The molecule has 1 saturated heterocycles. The molecule has 0 unspecified atom stereocenters. The first-order valence-electron chi connectivity index (χ1n) is 5.63. The van der Waals surface area contributed by atoms with Crippen molar-refractivity contribution in [1.82, 2.24) is 10.2 Å². The molecule has 1 heterocycles. The van der Waals surface area contributed by atoms with E-state index in [1.807, 2.05) is 0 Å². The maximum Gasteiger partial charge on any atom is 0.0121 e. The van der Waals surface area contributed by atoms with Gasteiger partial charge in [-0.2, -0.15) is 0 Å². The van der Waals surface area contributed by atoms with Gasteiger partial charge in [-0.25, -0.2) is 0 Å². The number of hydrogen-bond acceptors (Lipinski definition) is 2. The van der Waals surface area contributed by atoms with E-state index in [0.29, 0.717) is 5.41 Å². The Morgan fingerprint density at radius 3 is 2.54 bits per heavy atom. The van der Waals surface area contributed by atoms with E-state index in [0.717, 1.165) is 6.04 Å². The van der Waals surface area contributed by atoms with Crippen molar-refractivity contribution < 1.29 is 0 Å². The van der Waals surface area contributed by atoms with E-state index >= 15 is 0 Å². The van der Waals surface area contributed by atoms with Crippen molar-refractivity contribution in [1.29, 1.82) is 0 Å². The summed E-state index contributed by atoms with van der Waals surface area (Å²) in [6.45, 7) is 2.61. The van der Waals surface area contributed by atoms with Crippen LogP contribution in [0.3, 0.4) is 0 Å². The molecule has 2 nitrogen and oxygen atoms in total. The van der Waals surface area contributed by atoms with Gasteiger partial charge < -0.3 is 10.2 Å². The fraction of sp³-hybridized carbons (Fsp3) is 1.00. The molecule has 0 bridgehead atoms. The largest absolute Gasteiger partial charge is 0.316 e. The Morgan fingerprint density at radius 1 is 1.23 bits per heavy atom. The van der Waals surface area contributed by atoms with Gasteiger partial charge in [0.1, 0.15) is 0 Å². The topological polar surface area (TPSA) is 15.3 Å². The maximum atomic E-state index is 3.52. The summed E-state index contributed by atoms with van der Waals surface area (Å²) < 4.78 is 0. The van der Waals surface area contributed by atoms with Gasteiger partial charge in [0.15, 0.2) is 0 Å². The van der Waals surface area contributed by atoms with E-state index in [-0.39, 0.29) is 0 Å². The Balaban J connectivity index is 2.02. The number of nitrogens with zero attached hydrogens (tertiary/aromatic N) is 1. The van der Waals surface area contributed by atoms with Crippen molar-refractivity contribution in [3.05, 3.63) is 0 Å². The number of likely N-dealkylation sites (tertiary alicyclic amines) is 1. The molecular formula is C11H22N2. The van der Waals surface area contributed by atoms with E-state index in [2.05, 4.69) is 24.3 Å². The summed E-state index contributed by atoms with van der Waals surface area (Å²) in [5.74, 6) is 0. The van der Waals surface area contributed by atoms with Crippen LogP contribution in [-0.2, 0) is 0 Å². The third-order valence-corrected chi connectivity index (χ3v) is 4.24. The highest BCUT2D eigenvalue weighted by molar-refractivity contribution is 4.98. The molecule has 0 aromatic rings. The summed E-state index contributed by atoms with van der Waals surface area (Å²) in [6.07, 6.45) is 7.13. The fourth-order valence-electron chi connectivity index (χ4n) is 3.25. The summed E-state index contributed by atoms with van der Waals surface area (Å²) in [4.78, 5) is 2.47. The summed E-state index contributed by atoms with van der Waals surface area (Å²) in [5.41, 5.74) is 0.668. The predicted octanol–water partition coefficient (Wildman–Crippen LogP) is 1.47. The van der Waals surface area contributed by atoms with E-state index in [1.54, 1.807) is 0 Å². The van der Waals surface area contributed by atoms with Crippen LogP contribution >= 0.6 is 0 Å². The lowest BCUT2D eigenvalue weighted by Gasteiger charge is -2.42. The molecular weight excluding hydrogens is 160 g/mol. The zero-order valence-corrected chi connectivity index (χ0v) is 8.97. The molecule has 1 aliphatic carbocycles. The van der Waals surface area contributed by atoms with E-state index in [1.165, 1.54) is 45.2 Å². The average molecular weight is 182 g/mol. The third-order valence-electron chi connectivity index (χ3n) is 4.24. The van der Waals surface area contributed by atoms with Gasteiger partial charge >= 0.3 is 0 Å². The second-order valence-corrected chi connectivity index (χ2v) is 4.90. The maximum absolute atomic E-state index is 3.52. The van der Waals surface area contributed by atoms with Crippen LogP contribution < -0.4 is 5.32 Å². The number of rotatable bonds is 1. The van der Waals surface area contributed by atoms with Crippen molar-refractivity contribution in [3.8, 4) is 0 Å². The van der Waals surface area contributed by atoms with Gasteiger partial charge in [-0.1, -0.05) is 6.42 Å². The third kappa shape index (κ3) is 1.62. The molecule has 1 atom stereocenters. The number of hydrogen-bond donors (Lipinski definition) is 1. The molecule has 1 saturated carbocycles. The van der Waals surface area contributed by atoms with Crippen molar-refractivity contribution in [3.63, 3.8) is 0 Å². The Bertz CT molecular complexity index is 171. The number of nitrogens with one attached hydrogen (secondary N) is 1. The van der Waals surface area contributed by atoms with Gasteiger partial charge in [-0.05, 0) is 58.3 Å². The lowest BCUT2D eigenvalue weighted by molar-refractivity contribution is 0.102. The van der Waals surface area contributed by atoms with E-state index in [9.17, 15) is 0 Å². The molecule has 0 radical (unpaired) electrons. The molecule has 2 aliphatic rings. The quantitative estimate of drug-likeness (QED) is 0.660. The summed E-state index contributed by atoms with van der Waals surface area (Å²) in [7, 11) is 4.38. The van der Waals surface area contributed by atoms with Crippen LogP contribution in [0.5, 0.6) is 0 Å². The molecule has 1 N–H and O–H groups in total. The van der Waals surface area contributed by atoms with Crippen LogP contribution in [0.4, 0.5) is 0 Å². The minimum atomic E-state index is 0.668. The Kier molecular flexibility index (Phi) is 2.61. The zero-order chi connectivity index (χ0) is 9.31. The van der Waals surface area contributed by atoms with Crippen LogP contribution in [0.15, 0.2) is 0 Å². The van der Waals surface area contributed by atoms with Crippen molar-refractivity contribution >= 4 is 0 Å². The van der Waals surface area contributed by atoms with Gasteiger partial charge in [0.25, 0.3) is 0 Å². The minimum absolute atomic E-state index is 0.668. The lowest BCUT2D eigenvalue weighted by atomic mass is 9.74. The molecule has 1 spiro atoms. The minimum Gasteiger partial charge on any atom is -0.316 e. The van der Waals surface area contributed by atoms with Gasteiger partial charge in [-0.15, -0.1) is 0 Å². The molecule has 13 heavy (non-hydrogen) atoms. The first kappa shape index (κ1) is 9.47. The van der Waals surface area contributed by atoms with Crippen LogP contribution in [0, 0.1) is 5.41 Å². The first-order valence-corrected chi connectivity index (χ1v) is 5.63. The second kappa shape index (κ2) is 3.58. The van der Waals surface area contributed by atoms with E-state index < -0.39 is 0 Å².